The standard InChI is InChI=1S/C42H50N8O8/c1-21(2)35(47-41(53)55-5)39(51)49-11-7-9-29(49)37-43-17-27(45-37)23-13-25-19-58-32-16-24(14-26-20-57-31(15-23)33(25)34(26)32)28-18-44-38(46-28)30-10-8-12-50(30)40(52)36(22(3)4)48-42(54)56-6/h13-18,21-22,29-30,35-36H,7-12,19-20H2,1-6H3,(H,43,45)(H,44,46)(H,47,53)(H,48,54)/t29-,30+,35?,36?. The van der Waals surface area contributed by atoms with E-state index in [0.29, 0.717) is 38.0 Å². The molecular formula is C42H50N8O8. The van der Waals surface area contributed by atoms with Crippen LogP contribution >= 0.6 is 0 Å². The summed E-state index contributed by atoms with van der Waals surface area (Å²) < 4.78 is 22.4. The summed E-state index contributed by atoms with van der Waals surface area (Å²) >= 11 is 0. The first kappa shape index (κ1) is 38.8. The molecule has 4 aliphatic heterocycles. The van der Waals surface area contributed by atoms with E-state index in [9.17, 15) is 19.2 Å². The largest absolute Gasteiger partial charge is 0.488 e. The maximum Gasteiger partial charge on any atom is 0.407 e. The van der Waals surface area contributed by atoms with Crippen molar-refractivity contribution in [2.75, 3.05) is 27.3 Å². The summed E-state index contributed by atoms with van der Waals surface area (Å²) in [5, 5.41) is 5.40. The lowest BCUT2D eigenvalue weighted by Gasteiger charge is -2.30. The molecule has 2 aromatic carbocycles. The molecule has 0 bridgehead atoms. The van der Waals surface area contributed by atoms with Crippen LogP contribution in [0.2, 0.25) is 0 Å². The first-order valence-electron chi connectivity index (χ1n) is 20.0. The van der Waals surface area contributed by atoms with Gasteiger partial charge in [-0.2, -0.15) is 0 Å². The summed E-state index contributed by atoms with van der Waals surface area (Å²) in [5.41, 5.74) is 7.39. The highest BCUT2D eigenvalue weighted by atomic mass is 16.5. The van der Waals surface area contributed by atoms with Gasteiger partial charge in [0.1, 0.15) is 48.4 Å². The third-order valence-electron chi connectivity index (χ3n) is 11.7. The van der Waals surface area contributed by atoms with Gasteiger partial charge in [0, 0.05) is 46.5 Å². The van der Waals surface area contributed by atoms with E-state index in [1.54, 1.807) is 22.2 Å². The minimum Gasteiger partial charge on any atom is -0.488 e. The van der Waals surface area contributed by atoms with Crippen LogP contribution < -0.4 is 20.1 Å². The summed E-state index contributed by atoms with van der Waals surface area (Å²) in [6.07, 6.45) is 5.46. The number of carbonyl (C=O) groups is 4. The second-order valence-electron chi connectivity index (χ2n) is 16.1. The summed E-state index contributed by atoms with van der Waals surface area (Å²) in [7, 11) is 2.57. The minimum atomic E-state index is -0.712. The maximum atomic E-state index is 13.7. The number of H-pyrrole nitrogens is 2. The summed E-state index contributed by atoms with van der Waals surface area (Å²) in [6.45, 7) is 9.41. The molecule has 0 aliphatic carbocycles. The molecule has 4 aromatic rings. The number of aromatic amines is 2. The number of ether oxygens (including phenoxy) is 4. The number of benzene rings is 2. The fourth-order valence-electron chi connectivity index (χ4n) is 8.68. The van der Waals surface area contributed by atoms with Gasteiger partial charge in [-0.15, -0.1) is 0 Å². The Hall–Kier alpha value is -6.06. The third kappa shape index (κ3) is 7.08. The van der Waals surface area contributed by atoms with Crippen LogP contribution in [-0.2, 0) is 32.3 Å². The highest BCUT2D eigenvalue weighted by Gasteiger charge is 2.39. The van der Waals surface area contributed by atoms with Crippen LogP contribution in [0.25, 0.3) is 33.6 Å². The first-order chi connectivity index (χ1) is 27.9. The van der Waals surface area contributed by atoms with Gasteiger partial charge in [-0.05, 0) is 61.8 Å². The zero-order valence-electron chi connectivity index (χ0n) is 33.6. The van der Waals surface area contributed by atoms with Crippen molar-refractivity contribution in [3.8, 4) is 45.1 Å². The number of carbonyl (C=O) groups excluding carboxylic acids is 4. The van der Waals surface area contributed by atoms with Crippen molar-refractivity contribution in [3.63, 3.8) is 0 Å². The topological polar surface area (TPSA) is 193 Å². The quantitative estimate of drug-likeness (QED) is 0.148. The van der Waals surface area contributed by atoms with Crippen LogP contribution in [0.4, 0.5) is 9.59 Å². The summed E-state index contributed by atoms with van der Waals surface area (Å²) in [6, 6.07) is 6.31. The molecule has 8 rings (SSSR count). The van der Waals surface area contributed by atoms with Crippen LogP contribution in [0.3, 0.4) is 0 Å². The highest BCUT2D eigenvalue weighted by molar-refractivity contribution is 5.89. The Morgan fingerprint density at radius 3 is 1.48 bits per heavy atom. The van der Waals surface area contributed by atoms with Gasteiger partial charge < -0.3 is 49.3 Å². The lowest BCUT2D eigenvalue weighted by molar-refractivity contribution is -0.136. The second-order valence-corrected chi connectivity index (χ2v) is 16.1. The molecule has 2 fully saturated rings. The predicted octanol–water partition coefficient (Wildman–Crippen LogP) is 6.01. The molecule has 16 heteroatoms. The number of aromatic nitrogens is 4. The monoisotopic (exact) mass is 794 g/mol. The van der Waals surface area contributed by atoms with E-state index in [1.165, 1.54) is 14.2 Å². The van der Waals surface area contributed by atoms with Crippen molar-refractivity contribution in [2.24, 2.45) is 11.8 Å². The Bertz CT molecular complexity index is 2040. The smallest absolute Gasteiger partial charge is 0.407 e. The Balaban J connectivity index is 1.01. The number of nitrogens with one attached hydrogen (secondary N) is 4. The zero-order chi connectivity index (χ0) is 40.8. The van der Waals surface area contributed by atoms with Crippen molar-refractivity contribution in [2.45, 2.75) is 90.8 Å². The number of alkyl carbamates (subject to hydrolysis) is 2. The van der Waals surface area contributed by atoms with E-state index in [4.69, 9.17) is 28.9 Å². The number of hydrogen-bond donors (Lipinski definition) is 4. The molecule has 58 heavy (non-hydrogen) atoms. The van der Waals surface area contributed by atoms with Crippen LogP contribution in [0, 0.1) is 11.8 Å². The fourth-order valence-corrected chi connectivity index (χ4v) is 8.68. The molecule has 2 unspecified atom stereocenters. The van der Waals surface area contributed by atoms with E-state index in [0.717, 1.165) is 82.0 Å². The van der Waals surface area contributed by atoms with Gasteiger partial charge in [-0.25, -0.2) is 19.6 Å². The van der Waals surface area contributed by atoms with Crippen LogP contribution in [0.5, 0.6) is 11.5 Å². The van der Waals surface area contributed by atoms with E-state index < -0.39 is 24.3 Å². The molecule has 4 N–H and O–H groups in total. The van der Waals surface area contributed by atoms with Crippen molar-refractivity contribution < 1.29 is 38.1 Å². The molecule has 0 spiro atoms. The molecule has 2 saturated heterocycles. The van der Waals surface area contributed by atoms with Gasteiger partial charge in [0.25, 0.3) is 0 Å². The first-order valence-corrected chi connectivity index (χ1v) is 20.0. The Morgan fingerprint density at radius 2 is 1.10 bits per heavy atom. The number of imidazole rings is 2. The number of amides is 4. The fraction of sp³-hybridized carbons (Fsp3) is 0.476. The van der Waals surface area contributed by atoms with Gasteiger partial charge >= 0.3 is 12.2 Å². The van der Waals surface area contributed by atoms with Crippen LogP contribution in [0.15, 0.2) is 36.7 Å². The number of nitrogens with zero attached hydrogens (tertiary/aromatic N) is 4. The number of rotatable bonds is 10. The van der Waals surface area contributed by atoms with Crippen LogP contribution in [0.1, 0.15) is 88.2 Å². The summed E-state index contributed by atoms with van der Waals surface area (Å²) in [4.78, 5) is 71.4. The van der Waals surface area contributed by atoms with Gasteiger partial charge in [-0.1, -0.05) is 27.7 Å². The molecule has 0 saturated carbocycles. The highest BCUT2D eigenvalue weighted by Crippen LogP contribution is 2.51. The normalized spacial score (nSPS) is 19.0. The number of hydrogen-bond acceptors (Lipinski definition) is 10. The molecule has 4 atom stereocenters. The second kappa shape index (κ2) is 15.7. The van der Waals surface area contributed by atoms with Gasteiger partial charge in [-0.3, -0.25) is 9.59 Å². The van der Waals surface area contributed by atoms with Gasteiger partial charge in [0.15, 0.2) is 0 Å². The Morgan fingerprint density at radius 1 is 0.690 bits per heavy atom. The molecule has 6 heterocycles. The maximum absolute atomic E-state index is 13.7. The third-order valence-corrected chi connectivity index (χ3v) is 11.7. The lowest BCUT2D eigenvalue weighted by atomic mass is 9.87. The Kier molecular flexibility index (Phi) is 10.5. The van der Waals surface area contributed by atoms with Crippen molar-refractivity contribution in [1.82, 2.24) is 40.4 Å². The van der Waals surface area contributed by atoms with Crippen LogP contribution in [-0.4, -0.2) is 93.1 Å². The van der Waals surface area contributed by atoms with E-state index in [2.05, 4.69) is 32.7 Å². The molecule has 16 nitrogen and oxygen atoms in total. The number of likely N-dealkylation sites (tertiary alicyclic amines) is 2. The van der Waals surface area contributed by atoms with Gasteiger partial charge in [0.2, 0.25) is 11.8 Å². The van der Waals surface area contributed by atoms with E-state index in [-0.39, 0.29) is 35.7 Å². The van der Waals surface area contributed by atoms with Gasteiger partial charge in [0.05, 0.1) is 50.1 Å². The zero-order valence-corrected chi connectivity index (χ0v) is 33.6. The molecule has 2 aromatic heterocycles. The summed E-state index contributed by atoms with van der Waals surface area (Å²) in [5.74, 6) is 2.33. The average molecular weight is 795 g/mol. The molecule has 306 valence electrons. The SMILES string of the molecule is COC(=O)NC(C(=O)N1CCC[C@@H]1c1ncc(-c2cc3c4c(c2)OCc2cc(-c5cnc([C@@H]6CCCN6C(=O)C(NC(=O)OC)C(C)C)[nH]5)cc(c2-4)OC3)[nH]1)C(C)C. The molecule has 4 amide bonds. The van der Waals surface area contributed by atoms with Crippen molar-refractivity contribution in [3.05, 3.63) is 59.4 Å². The number of methoxy groups -OCH3 is 2. The van der Waals surface area contributed by atoms with Crippen molar-refractivity contribution >= 4 is 24.0 Å². The predicted molar refractivity (Wildman–Crippen MR) is 211 cm³/mol. The average Bonchev–Trinajstić information content (AvgIpc) is 4.06. The van der Waals surface area contributed by atoms with Crippen molar-refractivity contribution in [1.29, 1.82) is 0 Å². The Labute approximate surface area is 336 Å². The minimum absolute atomic E-state index is 0.125. The molecular weight excluding hydrogens is 745 g/mol. The van der Waals surface area contributed by atoms with E-state index >= 15 is 0 Å². The van der Waals surface area contributed by atoms with E-state index in [1.807, 2.05) is 39.8 Å². The molecule has 4 aliphatic rings. The molecule has 0 radical (unpaired) electrons. The lowest BCUT2D eigenvalue weighted by Crippen LogP contribution is -2.51.